The molecule has 0 atom stereocenters. The van der Waals surface area contributed by atoms with Crippen molar-refractivity contribution in [3.8, 4) is 0 Å². The summed E-state index contributed by atoms with van der Waals surface area (Å²) in [6.07, 6.45) is 2.58. The normalized spacial score (nSPS) is 12.4. The van der Waals surface area contributed by atoms with Crippen LogP contribution >= 0.6 is 0 Å². The summed E-state index contributed by atoms with van der Waals surface area (Å²) in [5, 5.41) is 14.5. The lowest BCUT2D eigenvalue weighted by atomic mass is 10.1. The Morgan fingerprint density at radius 3 is 2.48 bits per heavy atom. The quantitative estimate of drug-likeness (QED) is 0.390. The molecule has 0 bridgehead atoms. The molecule has 1 aromatic heterocycles. The van der Waals surface area contributed by atoms with E-state index in [1.54, 1.807) is 13.4 Å². The van der Waals surface area contributed by atoms with Crippen LogP contribution in [0.15, 0.2) is 35.6 Å². The molecule has 3 N–H and O–H groups in total. The van der Waals surface area contributed by atoms with E-state index in [1.807, 2.05) is 42.7 Å². The van der Waals surface area contributed by atoms with Crippen LogP contribution in [0.1, 0.15) is 37.7 Å². The summed E-state index contributed by atoms with van der Waals surface area (Å²) < 4.78 is 28.6. The van der Waals surface area contributed by atoms with E-state index in [0.29, 0.717) is 19.0 Å². The second-order valence-electron chi connectivity index (χ2n) is 6.99. The molecule has 0 aliphatic rings. The maximum Gasteiger partial charge on any atom is 0.216 e. The van der Waals surface area contributed by atoms with Crippen LogP contribution in [-0.4, -0.2) is 48.8 Å². The molecule has 0 saturated carbocycles. The summed E-state index contributed by atoms with van der Waals surface area (Å²) in [5.74, 6) is 1.63. The van der Waals surface area contributed by atoms with Crippen molar-refractivity contribution >= 4 is 16.0 Å². The van der Waals surface area contributed by atoms with E-state index in [0.717, 1.165) is 29.9 Å². The van der Waals surface area contributed by atoms with E-state index >= 15 is 0 Å². The number of nitrogens with zero attached hydrogens (tertiary/aromatic N) is 4. The van der Waals surface area contributed by atoms with Crippen molar-refractivity contribution in [1.82, 2.24) is 30.1 Å². The second-order valence-corrected chi connectivity index (χ2v) is 8.75. The Labute approximate surface area is 173 Å². The number of nitrogens with one attached hydrogen (secondary N) is 3. The summed E-state index contributed by atoms with van der Waals surface area (Å²) in [6, 6.07) is 7.41. The molecular formula is C19H31N7O2S. The molecule has 0 amide bonds. The fourth-order valence-corrected chi connectivity index (χ4v) is 4.25. The van der Waals surface area contributed by atoms with Crippen molar-refractivity contribution in [2.75, 3.05) is 13.6 Å². The van der Waals surface area contributed by atoms with Gasteiger partial charge in [0.15, 0.2) is 5.96 Å². The zero-order valence-corrected chi connectivity index (χ0v) is 18.3. The Kier molecular flexibility index (Phi) is 8.59. The lowest BCUT2D eigenvalue weighted by Gasteiger charge is -2.13. The van der Waals surface area contributed by atoms with Crippen LogP contribution in [0.3, 0.4) is 0 Å². The van der Waals surface area contributed by atoms with Crippen LogP contribution in [-0.2, 0) is 35.3 Å². The van der Waals surface area contributed by atoms with Crippen LogP contribution in [0.2, 0.25) is 0 Å². The monoisotopic (exact) mass is 421 g/mol. The van der Waals surface area contributed by atoms with Gasteiger partial charge < -0.3 is 15.2 Å². The van der Waals surface area contributed by atoms with Gasteiger partial charge >= 0.3 is 0 Å². The number of benzene rings is 1. The van der Waals surface area contributed by atoms with Crippen molar-refractivity contribution in [3.05, 3.63) is 47.5 Å². The maximum atomic E-state index is 12.0. The predicted octanol–water partition coefficient (Wildman–Crippen LogP) is 1.03. The van der Waals surface area contributed by atoms with Crippen molar-refractivity contribution in [1.29, 1.82) is 0 Å². The highest BCUT2D eigenvalue weighted by Crippen LogP contribution is 2.08. The van der Waals surface area contributed by atoms with Gasteiger partial charge in [-0.3, -0.25) is 4.99 Å². The molecule has 2 rings (SSSR count). The fourth-order valence-electron chi connectivity index (χ4n) is 2.81. The number of aliphatic imine (C=N–C) groups is 1. The minimum absolute atomic E-state index is 0.0228. The molecule has 2 aromatic rings. The molecular weight excluding hydrogens is 390 g/mol. The first-order valence-electron chi connectivity index (χ1n) is 9.72. The Bertz CT molecular complexity index is 890. The van der Waals surface area contributed by atoms with E-state index in [1.165, 1.54) is 0 Å². The number of sulfonamides is 1. The second kappa shape index (κ2) is 10.9. The highest BCUT2D eigenvalue weighted by Gasteiger charge is 2.12. The molecule has 0 fully saturated rings. The zero-order valence-electron chi connectivity index (χ0n) is 17.5. The van der Waals surface area contributed by atoms with E-state index < -0.39 is 10.0 Å². The summed E-state index contributed by atoms with van der Waals surface area (Å²) in [7, 11) is -1.59. The first-order chi connectivity index (χ1) is 13.8. The highest BCUT2D eigenvalue weighted by molar-refractivity contribution is 7.88. The van der Waals surface area contributed by atoms with Crippen LogP contribution < -0.4 is 15.4 Å². The van der Waals surface area contributed by atoms with Gasteiger partial charge in [-0.25, -0.2) is 13.1 Å². The maximum absolute atomic E-state index is 12.0. The van der Waals surface area contributed by atoms with Crippen LogP contribution in [0, 0.1) is 0 Å². The molecule has 0 unspecified atom stereocenters. The van der Waals surface area contributed by atoms with Gasteiger partial charge in [0.25, 0.3) is 0 Å². The lowest BCUT2D eigenvalue weighted by Crippen LogP contribution is -2.38. The van der Waals surface area contributed by atoms with Crippen molar-refractivity contribution in [2.45, 2.75) is 52.1 Å². The molecule has 1 aromatic carbocycles. The van der Waals surface area contributed by atoms with Crippen LogP contribution in [0.5, 0.6) is 0 Å². The standard InChI is InChI=1S/C19H31N7O2S/c1-5-18-24-23-14-26(18)11-10-21-19(20-4)22-12-16-6-8-17(9-7-16)13-29(27,28)25-15(2)3/h6-9,14-15,25H,5,10-13H2,1-4H3,(H2,20,21,22). The van der Waals surface area contributed by atoms with Crippen LogP contribution in [0.4, 0.5) is 0 Å². The minimum Gasteiger partial charge on any atom is -0.355 e. The molecule has 0 radical (unpaired) electrons. The molecule has 160 valence electrons. The first kappa shape index (κ1) is 22.8. The number of hydrogen-bond donors (Lipinski definition) is 3. The first-order valence-corrected chi connectivity index (χ1v) is 11.4. The summed E-state index contributed by atoms with van der Waals surface area (Å²) in [6.45, 7) is 7.71. The molecule has 29 heavy (non-hydrogen) atoms. The third-order valence-electron chi connectivity index (χ3n) is 4.14. The lowest BCUT2D eigenvalue weighted by molar-refractivity contribution is 0.569. The van der Waals surface area contributed by atoms with Gasteiger partial charge in [-0.05, 0) is 25.0 Å². The third-order valence-corrected chi connectivity index (χ3v) is 5.68. The van der Waals surface area contributed by atoms with Crippen molar-refractivity contribution in [3.63, 3.8) is 0 Å². The van der Waals surface area contributed by atoms with Crippen molar-refractivity contribution in [2.24, 2.45) is 4.99 Å². The topological polar surface area (TPSA) is 113 Å². The van der Waals surface area contributed by atoms with E-state index in [4.69, 9.17) is 0 Å². The Balaban J connectivity index is 1.80. The number of rotatable bonds is 10. The molecule has 0 aliphatic carbocycles. The number of aryl methyl sites for hydroxylation is 1. The average Bonchev–Trinajstić information content (AvgIpc) is 3.11. The molecule has 9 nitrogen and oxygen atoms in total. The Hall–Kier alpha value is -2.46. The van der Waals surface area contributed by atoms with Gasteiger partial charge in [0.2, 0.25) is 10.0 Å². The van der Waals surface area contributed by atoms with E-state index in [2.05, 4.69) is 37.5 Å². The zero-order chi connectivity index (χ0) is 21.3. The molecule has 1 heterocycles. The number of hydrogen-bond acceptors (Lipinski definition) is 5. The van der Waals surface area contributed by atoms with Gasteiger partial charge in [-0.1, -0.05) is 31.2 Å². The fraction of sp³-hybridized carbons (Fsp3) is 0.526. The molecule has 10 heteroatoms. The summed E-state index contributed by atoms with van der Waals surface area (Å²) >= 11 is 0. The van der Waals surface area contributed by atoms with Gasteiger partial charge in [-0.15, -0.1) is 10.2 Å². The summed E-state index contributed by atoms with van der Waals surface area (Å²) in [5.41, 5.74) is 1.79. The predicted molar refractivity (Wildman–Crippen MR) is 115 cm³/mol. The highest BCUT2D eigenvalue weighted by atomic mass is 32.2. The Morgan fingerprint density at radius 2 is 1.86 bits per heavy atom. The number of aromatic nitrogens is 3. The van der Waals surface area contributed by atoms with Crippen molar-refractivity contribution < 1.29 is 8.42 Å². The number of guanidine groups is 1. The third kappa shape index (κ3) is 7.82. The van der Waals surface area contributed by atoms with E-state index in [9.17, 15) is 8.42 Å². The molecule has 0 saturated heterocycles. The van der Waals surface area contributed by atoms with E-state index in [-0.39, 0.29) is 11.8 Å². The largest absolute Gasteiger partial charge is 0.355 e. The Morgan fingerprint density at radius 1 is 1.17 bits per heavy atom. The van der Waals surface area contributed by atoms with Crippen LogP contribution in [0.25, 0.3) is 0 Å². The van der Waals surface area contributed by atoms with Gasteiger partial charge in [-0.2, -0.15) is 0 Å². The van der Waals surface area contributed by atoms with Gasteiger partial charge in [0.05, 0.1) is 5.75 Å². The average molecular weight is 422 g/mol. The van der Waals surface area contributed by atoms with Gasteiger partial charge in [0.1, 0.15) is 12.2 Å². The SMILES string of the molecule is CCc1nncn1CCNC(=NC)NCc1ccc(CS(=O)(=O)NC(C)C)cc1. The smallest absolute Gasteiger partial charge is 0.216 e. The van der Waals surface area contributed by atoms with Gasteiger partial charge in [0, 0.05) is 39.1 Å². The minimum atomic E-state index is -3.32. The summed E-state index contributed by atoms with van der Waals surface area (Å²) in [4.78, 5) is 4.22. The molecule has 0 aliphatic heterocycles. The molecule has 0 spiro atoms.